The van der Waals surface area contributed by atoms with Gasteiger partial charge in [0.05, 0.1) is 6.42 Å². The van der Waals surface area contributed by atoms with Crippen LogP contribution in [0.3, 0.4) is 0 Å². The average Bonchev–Trinajstić information content (AvgIpc) is 2.69. The van der Waals surface area contributed by atoms with Gasteiger partial charge in [-0.3, -0.25) is 4.79 Å². The number of nitrogens with zero attached hydrogens (tertiary/aromatic N) is 2. The number of hydrogen-bond donors (Lipinski definition) is 0. The zero-order valence-corrected chi connectivity index (χ0v) is 9.27. The number of halogens is 1. The van der Waals surface area contributed by atoms with Crippen molar-refractivity contribution in [2.24, 2.45) is 0 Å². The van der Waals surface area contributed by atoms with Gasteiger partial charge in [-0.25, -0.2) is 0 Å². The molecular formula is C10H7BrN2O2. The molecule has 0 amide bonds. The van der Waals surface area contributed by atoms with E-state index in [1.165, 1.54) is 0 Å². The number of hydrogen-bond acceptors (Lipinski definition) is 4. The van der Waals surface area contributed by atoms with Crippen molar-refractivity contribution >= 4 is 22.2 Å². The molecule has 0 radical (unpaired) electrons. The molecule has 4 nitrogen and oxygen atoms in total. The molecule has 0 saturated carbocycles. The van der Waals surface area contributed by atoms with Gasteiger partial charge >= 0.3 is 0 Å². The maximum atomic E-state index is 10.3. The minimum absolute atomic E-state index is 0.0806. The van der Waals surface area contributed by atoms with E-state index in [-0.39, 0.29) is 5.82 Å². The summed E-state index contributed by atoms with van der Waals surface area (Å²) in [5, 5.41) is 3.49. The largest absolute Gasteiger partial charge is 0.339 e. The molecule has 0 aliphatic carbocycles. The van der Waals surface area contributed by atoms with Crippen molar-refractivity contribution < 1.29 is 9.32 Å². The lowest BCUT2D eigenvalue weighted by Gasteiger charge is -1.98. The van der Waals surface area contributed by atoms with Gasteiger partial charge in [0.15, 0.2) is 6.29 Å². The number of aldehydes is 1. The Morgan fingerprint density at radius 3 is 2.87 bits per heavy atom. The van der Waals surface area contributed by atoms with Gasteiger partial charge in [0.25, 0.3) is 0 Å². The molecule has 15 heavy (non-hydrogen) atoms. The van der Waals surface area contributed by atoms with Crippen molar-refractivity contribution in [1.82, 2.24) is 10.1 Å². The number of carbonyl (C=O) groups excluding carboxylic acids is 1. The summed E-state index contributed by atoms with van der Waals surface area (Å²) in [5.41, 5.74) is 1.04. The normalized spacial score (nSPS) is 10.2. The van der Waals surface area contributed by atoms with Gasteiger partial charge in [-0.1, -0.05) is 39.3 Å². The van der Waals surface area contributed by atoms with Crippen LogP contribution in [0.1, 0.15) is 22.1 Å². The first kappa shape index (κ1) is 10.0. The van der Waals surface area contributed by atoms with Crippen LogP contribution in [0.4, 0.5) is 0 Å². The van der Waals surface area contributed by atoms with E-state index in [0.29, 0.717) is 18.6 Å². The highest BCUT2D eigenvalue weighted by Gasteiger charge is 2.07. The van der Waals surface area contributed by atoms with Crippen LogP contribution in [0.15, 0.2) is 33.3 Å². The van der Waals surface area contributed by atoms with Crippen molar-refractivity contribution in [3.05, 3.63) is 46.0 Å². The third-order valence-corrected chi connectivity index (χ3v) is 2.66. The molecule has 2 rings (SSSR count). The fraction of sp³-hybridized carbons (Fsp3) is 0.100. The Morgan fingerprint density at radius 1 is 1.40 bits per heavy atom. The molecule has 0 bridgehead atoms. The number of rotatable bonds is 3. The molecule has 0 unspecified atom stereocenters. The molecule has 0 fully saturated rings. The van der Waals surface area contributed by atoms with E-state index in [2.05, 4.69) is 26.1 Å². The van der Waals surface area contributed by atoms with Crippen molar-refractivity contribution in [1.29, 1.82) is 0 Å². The van der Waals surface area contributed by atoms with Crippen molar-refractivity contribution in [3.8, 4) is 0 Å². The Hall–Kier alpha value is -1.49. The summed E-state index contributed by atoms with van der Waals surface area (Å²) >= 11 is 3.42. The predicted octanol–water partition coefficient (Wildman–Crippen LogP) is 2.24. The smallest absolute Gasteiger partial charge is 0.235 e. The van der Waals surface area contributed by atoms with Crippen LogP contribution in [0.25, 0.3) is 0 Å². The Kier molecular flexibility index (Phi) is 2.91. The van der Waals surface area contributed by atoms with Crippen molar-refractivity contribution in [2.45, 2.75) is 6.42 Å². The SMILES string of the molecule is O=Cc1noc(Cc2ccccc2Br)n1. The first-order chi connectivity index (χ1) is 7.29. The average molecular weight is 267 g/mol. The van der Waals surface area contributed by atoms with Crippen LogP contribution in [-0.2, 0) is 6.42 Å². The van der Waals surface area contributed by atoms with Gasteiger partial charge in [0, 0.05) is 4.47 Å². The quantitative estimate of drug-likeness (QED) is 0.800. The third-order valence-electron chi connectivity index (χ3n) is 1.89. The summed E-state index contributed by atoms with van der Waals surface area (Å²) in [6, 6.07) is 7.75. The predicted molar refractivity (Wildman–Crippen MR) is 56.6 cm³/mol. The molecule has 0 aliphatic rings. The standard InChI is InChI=1S/C10H7BrN2O2/c11-8-4-2-1-3-7(8)5-10-12-9(6-14)13-15-10/h1-4,6H,5H2. The zero-order valence-electron chi connectivity index (χ0n) is 7.68. The van der Waals surface area contributed by atoms with Crippen molar-refractivity contribution in [3.63, 3.8) is 0 Å². The van der Waals surface area contributed by atoms with Crippen molar-refractivity contribution in [2.75, 3.05) is 0 Å². The van der Waals surface area contributed by atoms with E-state index < -0.39 is 0 Å². The maximum absolute atomic E-state index is 10.3. The van der Waals surface area contributed by atoms with E-state index in [1.54, 1.807) is 0 Å². The summed E-state index contributed by atoms with van der Waals surface area (Å²) < 4.78 is 5.88. The molecule has 1 heterocycles. The van der Waals surface area contributed by atoms with Crippen LogP contribution in [0.2, 0.25) is 0 Å². The fourth-order valence-corrected chi connectivity index (χ4v) is 1.62. The highest BCUT2D eigenvalue weighted by Crippen LogP contribution is 2.18. The first-order valence-corrected chi connectivity index (χ1v) is 5.10. The fourth-order valence-electron chi connectivity index (χ4n) is 1.19. The molecule has 76 valence electrons. The number of aromatic nitrogens is 2. The Labute approximate surface area is 94.4 Å². The lowest BCUT2D eigenvalue weighted by atomic mass is 10.1. The zero-order chi connectivity index (χ0) is 10.7. The molecule has 1 aromatic carbocycles. The van der Waals surface area contributed by atoms with E-state index in [1.807, 2.05) is 24.3 Å². The topological polar surface area (TPSA) is 56.0 Å². The monoisotopic (exact) mass is 266 g/mol. The number of carbonyl (C=O) groups is 1. The van der Waals surface area contributed by atoms with Gasteiger partial charge in [-0.15, -0.1) is 0 Å². The highest BCUT2D eigenvalue weighted by molar-refractivity contribution is 9.10. The van der Waals surface area contributed by atoms with Crippen LogP contribution in [0, 0.1) is 0 Å². The van der Waals surface area contributed by atoms with Gasteiger partial charge in [-0.05, 0) is 11.6 Å². The molecule has 0 atom stereocenters. The first-order valence-electron chi connectivity index (χ1n) is 4.31. The second-order valence-electron chi connectivity index (χ2n) is 2.93. The van der Waals surface area contributed by atoms with Crippen LogP contribution >= 0.6 is 15.9 Å². The van der Waals surface area contributed by atoms with Crippen LogP contribution < -0.4 is 0 Å². The molecular weight excluding hydrogens is 260 g/mol. The Bertz CT molecular complexity index is 482. The van der Waals surface area contributed by atoms with Gasteiger partial charge in [-0.2, -0.15) is 4.98 Å². The molecule has 0 N–H and O–H groups in total. The number of benzene rings is 1. The minimum Gasteiger partial charge on any atom is -0.339 e. The molecule has 0 spiro atoms. The summed E-state index contributed by atoms with van der Waals surface area (Å²) in [7, 11) is 0. The lowest BCUT2D eigenvalue weighted by Crippen LogP contribution is -1.90. The minimum atomic E-state index is 0.0806. The Morgan fingerprint density at radius 2 is 2.20 bits per heavy atom. The van der Waals surface area contributed by atoms with E-state index in [9.17, 15) is 4.79 Å². The molecule has 0 aliphatic heterocycles. The van der Waals surface area contributed by atoms with Crippen LogP contribution in [0.5, 0.6) is 0 Å². The van der Waals surface area contributed by atoms with Gasteiger partial charge in [0.2, 0.25) is 11.7 Å². The summed E-state index contributed by atoms with van der Waals surface area (Å²) in [6.45, 7) is 0. The second-order valence-corrected chi connectivity index (χ2v) is 3.79. The summed E-state index contributed by atoms with van der Waals surface area (Å²) in [6.07, 6.45) is 1.08. The highest BCUT2D eigenvalue weighted by atomic mass is 79.9. The van der Waals surface area contributed by atoms with E-state index in [0.717, 1.165) is 10.0 Å². The third kappa shape index (κ3) is 2.30. The molecule has 1 aromatic heterocycles. The van der Waals surface area contributed by atoms with E-state index in [4.69, 9.17) is 4.52 Å². The molecule has 0 saturated heterocycles. The molecule has 2 aromatic rings. The van der Waals surface area contributed by atoms with Gasteiger partial charge < -0.3 is 4.52 Å². The summed E-state index contributed by atoms with van der Waals surface area (Å²) in [4.78, 5) is 14.2. The lowest BCUT2D eigenvalue weighted by molar-refractivity contribution is 0.111. The van der Waals surface area contributed by atoms with Crippen LogP contribution in [-0.4, -0.2) is 16.4 Å². The maximum Gasteiger partial charge on any atom is 0.235 e. The molecule has 5 heteroatoms. The summed E-state index contributed by atoms with van der Waals surface area (Å²) in [5.74, 6) is 0.515. The Balaban J connectivity index is 2.22. The van der Waals surface area contributed by atoms with E-state index >= 15 is 0 Å². The van der Waals surface area contributed by atoms with Gasteiger partial charge in [0.1, 0.15) is 0 Å². The second kappa shape index (κ2) is 4.35.